The van der Waals surface area contributed by atoms with Gasteiger partial charge < -0.3 is 10.2 Å². The van der Waals surface area contributed by atoms with Crippen molar-refractivity contribution >= 4 is 5.97 Å². The van der Waals surface area contributed by atoms with E-state index in [2.05, 4.69) is 13.0 Å². The Morgan fingerprint density at radius 2 is 1.89 bits per heavy atom. The van der Waals surface area contributed by atoms with Crippen molar-refractivity contribution in [2.24, 2.45) is 5.92 Å². The van der Waals surface area contributed by atoms with E-state index in [1.165, 1.54) is 5.57 Å². The summed E-state index contributed by atoms with van der Waals surface area (Å²) in [4.78, 5) is 10.7. The lowest BCUT2D eigenvalue weighted by molar-refractivity contribution is -0.141. The van der Waals surface area contributed by atoms with Gasteiger partial charge >= 0.3 is 5.97 Å². The number of hydrogen-bond donors (Lipinski definition) is 2. The van der Waals surface area contributed by atoms with Crippen LogP contribution in [0.3, 0.4) is 0 Å². The number of carbonyl (C=O) groups is 1. The van der Waals surface area contributed by atoms with Gasteiger partial charge in [0.15, 0.2) is 0 Å². The molecule has 0 rings (SSSR count). The molecule has 0 aromatic heterocycles. The molecule has 0 aliphatic rings. The van der Waals surface area contributed by atoms with Gasteiger partial charge in [0.05, 0.1) is 11.5 Å². The van der Waals surface area contributed by atoms with E-state index in [1.807, 2.05) is 13.8 Å². The van der Waals surface area contributed by atoms with E-state index in [4.69, 9.17) is 5.11 Å². The Labute approximate surface area is 111 Å². The fourth-order valence-corrected chi connectivity index (χ4v) is 1.93. The van der Waals surface area contributed by atoms with Crippen LogP contribution in [0.25, 0.3) is 0 Å². The number of aliphatic hydroxyl groups is 1. The van der Waals surface area contributed by atoms with Crippen LogP contribution < -0.4 is 0 Å². The smallest absolute Gasteiger partial charge is 0.306 e. The molecule has 0 aliphatic heterocycles. The van der Waals surface area contributed by atoms with Gasteiger partial charge in [-0.2, -0.15) is 0 Å². The van der Waals surface area contributed by atoms with E-state index >= 15 is 0 Å². The fraction of sp³-hybridized carbons (Fsp3) is 0.800. The van der Waals surface area contributed by atoms with Crippen molar-refractivity contribution in [3.05, 3.63) is 11.6 Å². The van der Waals surface area contributed by atoms with Gasteiger partial charge in [0.2, 0.25) is 0 Å². The van der Waals surface area contributed by atoms with Crippen LogP contribution in [0.2, 0.25) is 0 Å². The van der Waals surface area contributed by atoms with Crippen molar-refractivity contribution in [2.75, 3.05) is 0 Å². The molecule has 106 valence electrons. The maximum atomic E-state index is 10.7. The molecule has 3 nitrogen and oxygen atoms in total. The summed E-state index contributed by atoms with van der Waals surface area (Å²) in [6.07, 6.45) is 6.97. The van der Waals surface area contributed by atoms with Gasteiger partial charge in [0.25, 0.3) is 0 Å². The lowest BCUT2D eigenvalue weighted by Gasteiger charge is -2.23. The molecule has 0 aliphatic carbocycles. The number of hydrogen-bond acceptors (Lipinski definition) is 2. The monoisotopic (exact) mass is 256 g/mol. The second-order valence-electron chi connectivity index (χ2n) is 5.62. The van der Waals surface area contributed by atoms with Crippen LogP contribution in [0, 0.1) is 5.92 Å². The molecule has 0 radical (unpaired) electrons. The summed E-state index contributed by atoms with van der Waals surface area (Å²) in [6, 6.07) is 0. The van der Waals surface area contributed by atoms with E-state index in [9.17, 15) is 9.90 Å². The largest absolute Gasteiger partial charge is 0.481 e. The predicted molar refractivity (Wildman–Crippen MR) is 74.6 cm³/mol. The van der Waals surface area contributed by atoms with Gasteiger partial charge in [0, 0.05) is 0 Å². The Hall–Kier alpha value is -0.830. The second-order valence-corrected chi connectivity index (χ2v) is 5.62. The van der Waals surface area contributed by atoms with Crippen molar-refractivity contribution in [2.45, 2.75) is 71.8 Å². The summed E-state index contributed by atoms with van der Waals surface area (Å²) in [6.45, 7) is 7.69. The first kappa shape index (κ1) is 17.2. The minimum Gasteiger partial charge on any atom is -0.481 e. The average Bonchev–Trinajstić information content (AvgIpc) is 2.27. The Balaban J connectivity index is 3.83. The quantitative estimate of drug-likeness (QED) is 0.617. The van der Waals surface area contributed by atoms with Crippen LogP contribution in [-0.2, 0) is 4.79 Å². The van der Waals surface area contributed by atoms with Crippen molar-refractivity contribution in [1.82, 2.24) is 0 Å². The van der Waals surface area contributed by atoms with Crippen molar-refractivity contribution in [3.63, 3.8) is 0 Å². The molecule has 0 bridgehead atoms. The Bertz CT molecular complexity index is 279. The first-order valence-corrected chi connectivity index (χ1v) is 6.85. The second kappa shape index (κ2) is 8.30. The normalized spacial score (nSPS) is 17.3. The summed E-state index contributed by atoms with van der Waals surface area (Å²) < 4.78 is 0. The minimum absolute atomic E-state index is 0.314. The third-order valence-corrected chi connectivity index (χ3v) is 3.55. The van der Waals surface area contributed by atoms with E-state index in [1.54, 1.807) is 6.92 Å². The van der Waals surface area contributed by atoms with Crippen LogP contribution >= 0.6 is 0 Å². The number of allylic oxidation sites excluding steroid dienone is 2. The highest BCUT2D eigenvalue weighted by atomic mass is 16.4. The van der Waals surface area contributed by atoms with Crippen LogP contribution in [0.5, 0.6) is 0 Å². The van der Waals surface area contributed by atoms with Crippen molar-refractivity contribution in [1.29, 1.82) is 0 Å². The molecule has 3 heteroatoms. The molecule has 2 unspecified atom stereocenters. The van der Waals surface area contributed by atoms with Crippen molar-refractivity contribution < 1.29 is 15.0 Å². The zero-order valence-corrected chi connectivity index (χ0v) is 12.2. The Morgan fingerprint density at radius 1 is 1.33 bits per heavy atom. The summed E-state index contributed by atoms with van der Waals surface area (Å²) in [5, 5.41) is 19.0. The van der Waals surface area contributed by atoms with E-state index in [-0.39, 0.29) is 5.92 Å². The van der Waals surface area contributed by atoms with Crippen LogP contribution in [0.4, 0.5) is 0 Å². The number of carboxylic acid groups (broad SMARTS) is 1. The molecule has 0 saturated carbocycles. The van der Waals surface area contributed by atoms with Crippen LogP contribution in [0.15, 0.2) is 11.6 Å². The van der Waals surface area contributed by atoms with Crippen molar-refractivity contribution in [3.8, 4) is 0 Å². The summed E-state index contributed by atoms with van der Waals surface area (Å²) in [7, 11) is 0. The van der Waals surface area contributed by atoms with E-state index in [0.717, 1.165) is 25.7 Å². The Morgan fingerprint density at radius 3 is 2.39 bits per heavy atom. The zero-order chi connectivity index (χ0) is 14.2. The highest BCUT2D eigenvalue weighted by Gasteiger charge is 2.20. The maximum Gasteiger partial charge on any atom is 0.306 e. The third-order valence-electron chi connectivity index (χ3n) is 3.55. The van der Waals surface area contributed by atoms with E-state index < -0.39 is 11.6 Å². The molecule has 0 aromatic rings. The van der Waals surface area contributed by atoms with Crippen LogP contribution in [0.1, 0.15) is 66.2 Å². The fourth-order valence-electron chi connectivity index (χ4n) is 1.93. The average molecular weight is 256 g/mol. The van der Waals surface area contributed by atoms with Gasteiger partial charge in [-0.25, -0.2) is 0 Å². The molecule has 0 aromatic carbocycles. The SMILES string of the molecule is CC=C(C)CCCC(C)(O)CCCC(C)C(=O)O. The minimum atomic E-state index is -0.752. The lowest BCUT2D eigenvalue weighted by Crippen LogP contribution is -2.24. The van der Waals surface area contributed by atoms with Crippen LogP contribution in [-0.4, -0.2) is 21.8 Å². The molecule has 2 N–H and O–H groups in total. The standard InChI is InChI=1S/C15H28O3/c1-5-12(2)8-6-10-15(4,18)11-7-9-13(3)14(16)17/h5,13,18H,6-11H2,1-4H3,(H,16,17). The summed E-state index contributed by atoms with van der Waals surface area (Å²) in [5.74, 6) is -1.07. The Kier molecular flexibility index (Phi) is 7.92. The molecule has 0 saturated heterocycles. The lowest BCUT2D eigenvalue weighted by atomic mass is 9.90. The maximum absolute atomic E-state index is 10.7. The summed E-state index contributed by atoms with van der Waals surface area (Å²) >= 11 is 0. The number of carboxylic acids is 1. The van der Waals surface area contributed by atoms with Gasteiger partial charge in [-0.05, 0) is 59.3 Å². The molecular formula is C15H28O3. The molecule has 0 heterocycles. The highest BCUT2D eigenvalue weighted by molar-refractivity contribution is 5.69. The molecular weight excluding hydrogens is 228 g/mol. The predicted octanol–water partition coefficient (Wildman–Crippen LogP) is 3.76. The van der Waals surface area contributed by atoms with Gasteiger partial charge in [0.1, 0.15) is 0 Å². The van der Waals surface area contributed by atoms with Gasteiger partial charge in [-0.15, -0.1) is 0 Å². The number of rotatable bonds is 9. The molecule has 2 atom stereocenters. The first-order chi connectivity index (χ1) is 8.28. The van der Waals surface area contributed by atoms with Gasteiger partial charge in [-0.3, -0.25) is 4.79 Å². The first-order valence-electron chi connectivity index (χ1n) is 6.85. The molecule has 0 spiro atoms. The summed E-state index contributed by atoms with van der Waals surface area (Å²) in [5.41, 5.74) is 0.692. The zero-order valence-electron chi connectivity index (χ0n) is 12.2. The topological polar surface area (TPSA) is 57.5 Å². The third kappa shape index (κ3) is 8.29. The molecule has 0 amide bonds. The number of aliphatic carboxylic acids is 1. The molecule has 18 heavy (non-hydrogen) atoms. The van der Waals surface area contributed by atoms with E-state index in [0.29, 0.717) is 12.8 Å². The molecule has 0 fully saturated rings. The van der Waals surface area contributed by atoms with Gasteiger partial charge in [-0.1, -0.05) is 18.6 Å². The highest BCUT2D eigenvalue weighted by Crippen LogP contribution is 2.23.